The molecule has 0 saturated carbocycles. The molecule has 0 aliphatic carbocycles. The van der Waals surface area contributed by atoms with Gasteiger partial charge in [0.1, 0.15) is 0 Å². The molecule has 3 heteroatoms. The fraction of sp³-hybridized carbons (Fsp3) is 0.611. The summed E-state index contributed by atoms with van der Waals surface area (Å²) in [5, 5.41) is 0. The lowest BCUT2D eigenvalue weighted by Gasteiger charge is -2.39. The zero-order valence-corrected chi connectivity index (χ0v) is 14.5. The molecule has 1 amide bonds. The fourth-order valence-electron chi connectivity index (χ4n) is 3.19. The van der Waals surface area contributed by atoms with E-state index in [0.717, 1.165) is 18.6 Å². The summed E-state index contributed by atoms with van der Waals surface area (Å²) in [4.78, 5) is 14.6. The molecule has 0 aromatic heterocycles. The number of nitrogens with zero attached hydrogens (tertiary/aromatic N) is 1. The molecule has 0 spiro atoms. The van der Waals surface area contributed by atoms with Crippen LogP contribution in [-0.4, -0.2) is 28.6 Å². The molecule has 1 aromatic rings. The van der Waals surface area contributed by atoms with Crippen LogP contribution in [0.1, 0.15) is 49.8 Å². The maximum absolute atomic E-state index is 12.5. The lowest BCUT2D eigenvalue weighted by Crippen LogP contribution is -2.48. The van der Waals surface area contributed by atoms with Crippen LogP contribution < -0.4 is 0 Å². The summed E-state index contributed by atoms with van der Waals surface area (Å²) in [7, 11) is 0. The number of carbonyl (C=O) groups excluding carboxylic acids is 1. The van der Waals surface area contributed by atoms with Gasteiger partial charge in [-0.1, -0.05) is 23.8 Å². The monoisotopic (exact) mass is 305 g/mol. The Kier molecular flexibility index (Phi) is 5.74. The van der Waals surface area contributed by atoms with Gasteiger partial charge in [0.25, 0.3) is 0 Å². The molecule has 1 heterocycles. The molecule has 1 saturated heterocycles. The average molecular weight is 305 g/mol. The minimum Gasteiger partial charge on any atom is -0.337 e. The van der Waals surface area contributed by atoms with Crippen molar-refractivity contribution in [2.24, 2.45) is 0 Å². The summed E-state index contributed by atoms with van der Waals surface area (Å²) in [5.74, 6) is 1.84. The van der Waals surface area contributed by atoms with Gasteiger partial charge in [-0.2, -0.15) is 0 Å². The second-order valence-electron chi connectivity index (χ2n) is 6.35. The van der Waals surface area contributed by atoms with Crippen molar-refractivity contribution in [2.75, 3.05) is 5.75 Å². The number of thioether (sulfide) groups is 1. The van der Waals surface area contributed by atoms with Gasteiger partial charge in [-0.05, 0) is 58.1 Å². The first-order valence-electron chi connectivity index (χ1n) is 7.94. The van der Waals surface area contributed by atoms with Crippen LogP contribution in [0.15, 0.2) is 18.2 Å². The molecule has 0 N–H and O–H groups in total. The second kappa shape index (κ2) is 7.35. The quantitative estimate of drug-likeness (QED) is 0.825. The smallest absolute Gasteiger partial charge is 0.233 e. The van der Waals surface area contributed by atoms with Gasteiger partial charge in [0.2, 0.25) is 5.91 Å². The van der Waals surface area contributed by atoms with Gasteiger partial charge in [0.15, 0.2) is 0 Å². The van der Waals surface area contributed by atoms with Crippen molar-refractivity contribution in [3.05, 3.63) is 34.9 Å². The normalized spacial score (nSPS) is 22.4. The second-order valence-corrected chi connectivity index (χ2v) is 7.34. The molecule has 21 heavy (non-hydrogen) atoms. The highest BCUT2D eigenvalue weighted by molar-refractivity contribution is 7.99. The Bertz CT molecular complexity index is 490. The van der Waals surface area contributed by atoms with Gasteiger partial charge < -0.3 is 4.90 Å². The molecule has 1 aliphatic heterocycles. The van der Waals surface area contributed by atoms with E-state index >= 15 is 0 Å². The van der Waals surface area contributed by atoms with E-state index in [2.05, 4.69) is 50.8 Å². The standard InChI is InChI=1S/C18H27NOS/c1-13-8-9-14(2)17(10-13)11-21-12-18(20)19-15(3)6-5-7-16(19)4/h8-10,15-16H,5-7,11-12H2,1-4H3. The molecule has 116 valence electrons. The largest absolute Gasteiger partial charge is 0.337 e. The SMILES string of the molecule is Cc1ccc(C)c(CSCC(=O)N2C(C)CCCC2C)c1. The third-order valence-electron chi connectivity index (χ3n) is 4.47. The molecule has 0 bridgehead atoms. The van der Waals surface area contributed by atoms with Crippen LogP contribution in [0.3, 0.4) is 0 Å². The predicted molar refractivity (Wildman–Crippen MR) is 91.7 cm³/mol. The first-order chi connectivity index (χ1) is 9.99. The zero-order valence-electron chi connectivity index (χ0n) is 13.7. The van der Waals surface area contributed by atoms with Crippen molar-refractivity contribution in [3.63, 3.8) is 0 Å². The minimum atomic E-state index is 0.310. The van der Waals surface area contributed by atoms with E-state index in [4.69, 9.17) is 0 Å². The number of likely N-dealkylation sites (tertiary alicyclic amines) is 1. The first kappa shape index (κ1) is 16.4. The van der Waals surface area contributed by atoms with Crippen LogP contribution in [0.4, 0.5) is 0 Å². The van der Waals surface area contributed by atoms with E-state index in [9.17, 15) is 4.79 Å². The van der Waals surface area contributed by atoms with Gasteiger partial charge in [-0.3, -0.25) is 4.79 Å². The van der Waals surface area contributed by atoms with Gasteiger partial charge in [-0.25, -0.2) is 0 Å². The van der Waals surface area contributed by atoms with E-state index in [-0.39, 0.29) is 0 Å². The molecule has 1 fully saturated rings. The Hall–Kier alpha value is -0.960. The first-order valence-corrected chi connectivity index (χ1v) is 9.09. The van der Waals surface area contributed by atoms with Gasteiger partial charge in [0, 0.05) is 17.8 Å². The number of amides is 1. The van der Waals surface area contributed by atoms with Crippen molar-refractivity contribution in [2.45, 2.75) is 64.8 Å². The number of aryl methyl sites for hydroxylation is 2. The van der Waals surface area contributed by atoms with Crippen LogP contribution >= 0.6 is 11.8 Å². The predicted octanol–water partition coefficient (Wildman–Crippen LogP) is 4.33. The number of carbonyl (C=O) groups is 1. The highest BCUT2D eigenvalue weighted by Crippen LogP contribution is 2.24. The molecule has 2 unspecified atom stereocenters. The van der Waals surface area contributed by atoms with Crippen molar-refractivity contribution in [1.29, 1.82) is 0 Å². The van der Waals surface area contributed by atoms with Crippen molar-refractivity contribution < 1.29 is 4.79 Å². The summed E-state index contributed by atoms with van der Waals surface area (Å²) < 4.78 is 0. The van der Waals surface area contributed by atoms with E-state index in [0.29, 0.717) is 23.7 Å². The Labute approximate surface area is 133 Å². The van der Waals surface area contributed by atoms with Crippen molar-refractivity contribution in [1.82, 2.24) is 4.90 Å². The molecule has 1 aromatic carbocycles. The number of rotatable bonds is 4. The van der Waals surface area contributed by atoms with Crippen LogP contribution in [-0.2, 0) is 10.5 Å². The van der Waals surface area contributed by atoms with Gasteiger partial charge in [0.05, 0.1) is 5.75 Å². The summed E-state index contributed by atoms with van der Waals surface area (Å²) in [5.41, 5.74) is 3.97. The Morgan fingerprint density at radius 2 is 1.90 bits per heavy atom. The molecule has 2 nitrogen and oxygen atoms in total. The molecule has 0 radical (unpaired) electrons. The topological polar surface area (TPSA) is 20.3 Å². The van der Waals surface area contributed by atoms with Crippen LogP contribution in [0, 0.1) is 13.8 Å². The number of benzene rings is 1. The van der Waals surface area contributed by atoms with Gasteiger partial charge in [-0.15, -0.1) is 11.8 Å². The van der Waals surface area contributed by atoms with Crippen molar-refractivity contribution >= 4 is 17.7 Å². The van der Waals surface area contributed by atoms with Crippen LogP contribution in [0.2, 0.25) is 0 Å². The summed E-state index contributed by atoms with van der Waals surface area (Å²) in [6.07, 6.45) is 3.55. The van der Waals surface area contributed by atoms with Crippen LogP contribution in [0.25, 0.3) is 0 Å². The molecule has 2 rings (SSSR count). The molecular formula is C18H27NOS. The van der Waals surface area contributed by atoms with Crippen LogP contribution in [0.5, 0.6) is 0 Å². The summed E-state index contributed by atoms with van der Waals surface area (Å²) >= 11 is 1.74. The maximum atomic E-state index is 12.5. The number of hydrogen-bond acceptors (Lipinski definition) is 2. The summed E-state index contributed by atoms with van der Waals surface area (Å²) in [6.45, 7) is 8.63. The third kappa shape index (κ3) is 4.26. The van der Waals surface area contributed by atoms with E-state index in [1.807, 2.05) is 0 Å². The third-order valence-corrected chi connectivity index (χ3v) is 5.44. The van der Waals surface area contributed by atoms with E-state index in [1.165, 1.54) is 23.1 Å². The molecular weight excluding hydrogens is 278 g/mol. The summed E-state index contributed by atoms with van der Waals surface area (Å²) in [6, 6.07) is 7.36. The average Bonchev–Trinajstić information content (AvgIpc) is 2.42. The maximum Gasteiger partial charge on any atom is 0.233 e. The number of piperidine rings is 1. The Morgan fingerprint density at radius 1 is 1.24 bits per heavy atom. The lowest BCUT2D eigenvalue weighted by molar-refractivity contribution is -0.134. The number of hydrogen-bond donors (Lipinski definition) is 0. The van der Waals surface area contributed by atoms with Crippen molar-refractivity contribution in [3.8, 4) is 0 Å². The Morgan fingerprint density at radius 3 is 2.57 bits per heavy atom. The molecule has 1 aliphatic rings. The lowest BCUT2D eigenvalue weighted by atomic mass is 9.98. The van der Waals surface area contributed by atoms with E-state index < -0.39 is 0 Å². The fourth-order valence-corrected chi connectivity index (χ4v) is 4.15. The zero-order chi connectivity index (χ0) is 15.4. The Balaban J connectivity index is 1.88. The minimum absolute atomic E-state index is 0.310. The molecule has 2 atom stereocenters. The highest BCUT2D eigenvalue weighted by Gasteiger charge is 2.28. The highest BCUT2D eigenvalue weighted by atomic mass is 32.2. The van der Waals surface area contributed by atoms with Gasteiger partial charge >= 0.3 is 0 Å². The van der Waals surface area contributed by atoms with E-state index in [1.54, 1.807) is 11.8 Å².